The van der Waals surface area contributed by atoms with E-state index in [1.165, 1.54) is 29.5 Å². The van der Waals surface area contributed by atoms with Crippen LogP contribution in [0.25, 0.3) is 0 Å². The lowest BCUT2D eigenvalue weighted by Gasteiger charge is -2.08. The van der Waals surface area contributed by atoms with E-state index in [2.05, 4.69) is 9.71 Å². The van der Waals surface area contributed by atoms with Gasteiger partial charge in [0.1, 0.15) is 0 Å². The van der Waals surface area contributed by atoms with Gasteiger partial charge in [-0.1, -0.05) is 17.7 Å². The van der Waals surface area contributed by atoms with Crippen molar-refractivity contribution in [1.29, 1.82) is 0 Å². The van der Waals surface area contributed by atoms with Crippen molar-refractivity contribution in [3.63, 3.8) is 0 Å². The molecule has 20 heavy (non-hydrogen) atoms. The molecule has 1 aromatic heterocycles. The van der Waals surface area contributed by atoms with Gasteiger partial charge in [-0.25, -0.2) is 18.1 Å². The van der Waals surface area contributed by atoms with E-state index < -0.39 is 10.0 Å². The number of sulfonamides is 1. The summed E-state index contributed by atoms with van der Waals surface area (Å²) >= 11 is 7.36. The van der Waals surface area contributed by atoms with Gasteiger partial charge in [-0.15, -0.1) is 11.3 Å². The molecule has 0 amide bonds. The lowest BCUT2D eigenvalue weighted by molar-refractivity contribution is 0.282. The number of thiazole rings is 1. The third-order valence-corrected chi connectivity index (χ3v) is 5.11. The minimum absolute atomic E-state index is 0.0815. The van der Waals surface area contributed by atoms with E-state index in [1.807, 2.05) is 5.38 Å². The minimum atomic E-state index is -3.60. The topological polar surface area (TPSA) is 79.3 Å². The van der Waals surface area contributed by atoms with Gasteiger partial charge in [0.15, 0.2) is 0 Å². The van der Waals surface area contributed by atoms with E-state index in [-0.39, 0.29) is 23.1 Å². The Bertz CT molecular complexity index is 672. The molecule has 0 spiro atoms. The number of nitrogens with one attached hydrogen (secondary N) is 1. The normalized spacial score (nSPS) is 11.7. The van der Waals surface area contributed by atoms with E-state index in [1.54, 1.807) is 5.51 Å². The van der Waals surface area contributed by atoms with Crippen molar-refractivity contribution in [2.75, 3.05) is 6.54 Å². The maximum absolute atomic E-state index is 12.1. The molecule has 0 aliphatic heterocycles. The summed E-state index contributed by atoms with van der Waals surface area (Å²) in [6, 6.07) is 4.25. The van der Waals surface area contributed by atoms with Crippen LogP contribution >= 0.6 is 22.9 Å². The maximum atomic E-state index is 12.1. The van der Waals surface area contributed by atoms with E-state index in [0.29, 0.717) is 12.0 Å². The van der Waals surface area contributed by atoms with E-state index in [9.17, 15) is 8.42 Å². The number of benzene rings is 1. The van der Waals surface area contributed by atoms with E-state index in [4.69, 9.17) is 16.7 Å². The highest BCUT2D eigenvalue weighted by atomic mass is 35.5. The molecule has 0 unspecified atom stereocenters. The molecule has 0 saturated carbocycles. The maximum Gasteiger partial charge on any atom is 0.240 e. The van der Waals surface area contributed by atoms with Crippen molar-refractivity contribution in [2.45, 2.75) is 17.9 Å². The highest BCUT2D eigenvalue weighted by Crippen LogP contribution is 2.20. The number of hydrogen-bond donors (Lipinski definition) is 2. The monoisotopic (exact) mass is 332 g/mol. The molecule has 1 heterocycles. The first-order valence-electron chi connectivity index (χ1n) is 5.79. The van der Waals surface area contributed by atoms with Gasteiger partial charge in [0, 0.05) is 23.4 Å². The standard InChI is InChI=1S/C12H13ClN2O3S2/c13-12-5-11(2-1-9(12)6-16)20(17,18)15-4-3-10-7-19-8-14-10/h1-2,5,7-8,15-16H,3-4,6H2. The number of rotatable bonds is 6. The molecule has 0 aliphatic carbocycles. The van der Waals surface area contributed by atoms with Crippen molar-refractivity contribution in [3.8, 4) is 0 Å². The second-order valence-corrected chi connectivity index (χ2v) is 6.93. The molecule has 8 heteroatoms. The number of aliphatic hydroxyl groups excluding tert-OH is 1. The first-order valence-corrected chi connectivity index (χ1v) is 8.59. The summed E-state index contributed by atoms with van der Waals surface area (Å²) < 4.78 is 26.6. The van der Waals surface area contributed by atoms with Crippen LogP contribution < -0.4 is 4.72 Å². The van der Waals surface area contributed by atoms with Crippen LogP contribution in [0.4, 0.5) is 0 Å². The van der Waals surface area contributed by atoms with Crippen LogP contribution in [-0.4, -0.2) is 25.1 Å². The first-order chi connectivity index (χ1) is 9.53. The third-order valence-electron chi connectivity index (χ3n) is 2.66. The van der Waals surface area contributed by atoms with Gasteiger partial charge in [-0.3, -0.25) is 0 Å². The first kappa shape index (κ1) is 15.4. The largest absolute Gasteiger partial charge is 0.392 e. The minimum Gasteiger partial charge on any atom is -0.392 e. The Labute approximate surface area is 126 Å². The fraction of sp³-hybridized carbons (Fsp3) is 0.250. The molecule has 0 saturated heterocycles. The van der Waals surface area contributed by atoms with Crippen LogP contribution in [0.2, 0.25) is 5.02 Å². The molecule has 0 fully saturated rings. The molecule has 0 atom stereocenters. The Kier molecular flexibility index (Phi) is 5.11. The lowest BCUT2D eigenvalue weighted by Crippen LogP contribution is -2.26. The zero-order valence-electron chi connectivity index (χ0n) is 10.4. The lowest BCUT2D eigenvalue weighted by atomic mass is 10.2. The molecule has 108 valence electrons. The number of aromatic nitrogens is 1. The second-order valence-electron chi connectivity index (χ2n) is 4.04. The molecular weight excluding hydrogens is 320 g/mol. The average Bonchev–Trinajstić information content (AvgIpc) is 2.91. The van der Waals surface area contributed by atoms with Gasteiger partial charge in [0.2, 0.25) is 10.0 Å². The number of hydrogen-bond acceptors (Lipinski definition) is 5. The molecule has 5 nitrogen and oxygen atoms in total. The quantitative estimate of drug-likeness (QED) is 0.845. The third kappa shape index (κ3) is 3.77. The highest BCUT2D eigenvalue weighted by molar-refractivity contribution is 7.89. The van der Waals surface area contributed by atoms with Gasteiger partial charge >= 0.3 is 0 Å². The van der Waals surface area contributed by atoms with Gasteiger partial charge in [0.05, 0.1) is 22.7 Å². The van der Waals surface area contributed by atoms with Crippen molar-refractivity contribution >= 4 is 33.0 Å². The fourth-order valence-corrected chi connectivity index (χ4v) is 3.54. The predicted octanol–water partition coefficient (Wildman–Crippen LogP) is 1.81. The number of aliphatic hydroxyl groups is 1. The Morgan fingerprint density at radius 3 is 2.80 bits per heavy atom. The van der Waals surface area contributed by atoms with Crippen molar-refractivity contribution in [2.24, 2.45) is 0 Å². The number of nitrogens with zero attached hydrogens (tertiary/aromatic N) is 1. The average molecular weight is 333 g/mol. The van der Waals surface area contributed by atoms with Crippen LogP contribution in [0, 0.1) is 0 Å². The van der Waals surface area contributed by atoms with Gasteiger partial charge < -0.3 is 5.11 Å². The van der Waals surface area contributed by atoms with Crippen LogP contribution in [0.15, 0.2) is 34.0 Å². The molecule has 2 N–H and O–H groups in total. The zero-order chi connectivity index (χ0) is 14.6. The summed E-state index contributed by atoms with van der Waals surface area (Å²) in [5.74, 6) is 0. The molecule has 0 radical (unpaired) electrons. The molecule has 1 aromatic carbocycles. The molecule has 0 aliphatic rings. The molecular formula is C12H13ClN2O3S2. The second kappa shape index (κ2) is 6.64. The summed E-state index contributed by atoms with van der Waals surface area (Å²) in [4.78, 5) is 4.16. The summed E-state index contributed by atoms with van der Waals surface area (Å²) in [6.45, 7) is 0.0435. The van der Waals surface area contributed by atoms with Gasteiger partial charge in [-0.05, 0) is 17.7 Å². The SMILES string of the molecule is O=S(=O)(NCCc1cscn1)c1ccc(CO)c(Cl)c1. The van der Waals surface area contributed by atoms with Crippen LogP contribution in [0.1, 0.15) is 11.3 Å². The van der Waals surface area contributed by atoms with Crippen molar-refractivity contribution in [3.05, 3.63) is 45.4 Å². The van der Waals surface area contributed by atoms with Crippen LogP contribution in [0.3, 0.4) is 0 Å². The Morgan fingerprint density at radius 1 is 1.40 bits per heavy atom. The predicted molar refractivity (Wildman–Crippen MR) is 78.4 cm³/mol. The summed E-state index contributed by atoms with van der Waals surface area (Å²) in [7, 11) is -3.60. The Hall–Kier alpha value is -0.990. The Balaban J connectivity index is 2.04. The van der Waals surface area contributed by atoms with Crippen LogP contribution in [-0.2, 0) is 23.1 Å². The van der Waals surface area contributed by atoms with E-state index in [0.717, 1.165) is 5.69 Å². The van der Waals surface area contributed by atoms with Crippen molar-refractivity contribution in [1.82, 2.24) is 9.71 Å². The molecule has 2 aromatic rings. The molecule has 0 bridgehead atoms. The highest BCUT2D eigenvalue weighted by Gasteiger charge is 2.15. The smallest absolute Gasteiger partial charge is 0.240 e. The molecule has 2 rings (SSSR count). The summed E-state index contributed by atoms with van der Waals surface area (Å²) in [5, 5.41) is 11.1. The summed E-state index contributed by atoms with van der Waals surface area (Å²) in [5.41, 5.74) is 3.05. The zero-order valence-corrected chi connectivity index (χ0v) is 12.8. The fourth-order valence-electron chi connectivity index (χ4n) is 1.58. The van der Waals surface area contributed by atoms with E-state index >= 15 is 0 Å². The van der Waals surface area contributed by atoms with Gasteiger partial charge in [-0.2, -0.15) is 0 Å². The number of halogens is 1. The van der Waals surface area contributed by atoms with Crippen molar-refractivity contribution < 1.29 is 13.5 Å². The van der Waals surface area contributed by atoms with Crippen LogP contribution in [0.5, 0.6) is 0 Å². The van der Waals surface area contributed by atoms with Gasteiger partial charge in [0.25, 0.3) is 0 Å². The summed E-state index contributed by atoms with van der Waals surface area (Å²) in [6.07, 6.45) is 0.533. The Morgan fingerprint density at radius 2 is 2.20 bits per heavy atom.